The molecule has 0 radical (unpaired) electrons. The monoisotopic (exact) mass is 296 g/mol. The van der Waals surface area contributed by atoms with Crippen LogP contribution in [0.5, 0.6) is 0 Å². The topological polar surface area (TPSA) is 68.5 Å². The van der Waals surface area contributed by atoms with Crippen molar-refractivity contribution in [3.63, 3.8) is 0 Å². The Morgan fingerprint density at radius 2 is 2.05 bits per heavy atom. The van der Waals surface area contributed by atoms with E-state index in [2.05, 4.69) is 4.98 Å². The molecule has 0 saturated carbocycles. The lowest BCUT2D eigenvalue weighted by Gasteiger charge is -2.13. The van der Waals surface area contributed by atoms with Gasteiger partial charge in [0.25, 0.3) is 5.91 Å². The minimum Gasteiger partial charge on any atom is -0.365 e. The predicted molar refractivity (Wildman–Crippen MR) is 81.3 cm³/mol. The Balaban J connectivity index is 1.93. The molecular formula is C16H12N2O2S. The Kier molecular flexibility index (Phi) is 2.60. The highest BCUT2D eigenvalue weighted by Crippen LogP contribution is 2.48. The third kappa shape index (κ3) is 1.86. The number of pyridine rings is 1. The van der Waals surface area contributed by atoms with Crippen LogP contribution in [-0.4, -0.2) is 17.5 Å². The second-order valence-electron chi connectivity index (χ2n) is 5.06. The maximum atomic E-state index is 11.4. The highest BCUT2D eigenvalue weighted by molar-refractivity contribution is 7.20. The average Bonchev–Trinajstić information content (AvgIpc) is 3.19. The third-order valence-corrected chi connectivity index (χ3v) is 4.88. The van der Waals surface area contributed by atoms with E-state index in [4.69, 9.17) is 10.5 Å². The zero-order valence-electron chi connectivity index (χ0n) is 11.1. The van der Waals surface area contributed by atoms with Crippen molar-refractivity contribution in [2.75, 3.05) is 6.61 Å². The fraction of sp³-hybridized carbons (Fsp3) is 0.125. The van der Waals surface area contributed by atoms with E-state index in [9.17, 15) is 4.79 Å². The van der Waals surface area contributed by atoms with Gasteiger partial charge in [-0.1, -0.05) is 30.3 Å². The molecule has 104 valence electrons. The lowest BCUT2D eigenvalue weighted by Crippen LogP contribution is -2.11. The minimum absolute atomic E-state index is 0.410. The van der Waals surface area contributed by atoms with Crippen LogP contribution in [-0.2, 0) is 10.3 Å². The second kappa shape index (κ2) is 4.38. The van der Waals surface area contributed by atoms with Gasteiger partial charge >= 0.3 is 0 Å². The summed E-state index contributed by atoms with van der Waals surface area (Å²) in [4.78, 5) is 16.2. The first kappa shape index (κ1) is 12.5. The summed E-state index contributed by atoms with van der Waals surface area (Å²) in [6.07, 6.45) is 3.58. The van der Waals surface area contributed by atoms with Crippen LogP contribution in [0, 0.1) is 0 Å². The van der Waals surface area contributed by atoms with Gasteiger partial charge in [0.15, 0.2) is 0 Å². The van der Waals surface area contributed by atoms with Crippen molar-refractivity contribution in [2.45, 2.75) is 5.60 Å². The van der Waals surface area contributed by atoms with Crippen molar-refractivity contribution in [1.29, 1.82) is 0 Å². The predicted octanol–water partition coefficient (Wildman–Crippen LogP) is 2.67. The molecule has 4 rings (SSSR count). The molecule has 1 saturated heterocycles. The van der Waals surface area contributed by atoms with Gasteiger partial charge in [-0.3, -0.25) is 9.78 Å². The molecule has 0 spiro atoms. The normalized spacial score (nSPS) is 20.6. The highest BCUT2D eigenvalue weighted by Gasteiger charge is 2.49. The maximum absolute atomic E-state index is 11.4. The molecule has 4 nitrogen and oxygen atoms in total. The number of epoxide rings is 1. The number of aromatic nitrogens is 1. The molecular weight excluding hydrogens is 284 g/mol. The molecule has 1 unspecified atom stereocenters. The Labute approximate surface area is 125 Å². The molecule has 2 aromatic heterocycles. The molecule has 3 heterocycles. The van der Waals surface area contributed by atoms with Gasteiger partial charge in [0.2, 0.25) is 0 Å². The van der Waals surface area contributed by atoms with Crippen LogP contribution in [0.4, 0.5) is 0 Å². The van der Waals surface area contributed by atoms with Crippen LogP contribution in [0.3, 0.4) is 0 Å². The number of nitrogens with zero attached hydrogens (tertiary/aromatic N) is 1. The summed E-state index contributed by atoms with van der Waals surface area (Å²) in [6, 6.07) is 11.9. The summed E-state index contributed by atoms with van der Waals surface area (Å²) in [7, 11) is 0. The zero-order chi connectivity index (χ0) is 14.4. The Hall–Kier alpha value is -2.24. The van der Waals surface area contributed by atoms with Gasteiger partial charge in [-0.25, -0.2) is 0 Å². The Morgan fingerprint density at radius 3 is 2.71 bits per heavy atom. The number of hydrogen-bond acceptors (Lipinski definition) is 4. The van der Waals surface area contributed by atoms with Gasteiger partial charge in [0.1, 0.15) is 5.60 Å². The summed E-state index contributed by atoms with van der Waals surface area (Å²) in [6.45, 7) is 0.625. The van der Waals surface area contributed by atoms with E-state index in [-0.39, 0.29) is 0 Å². The molecule has 3 aromatic rings. The smallest absolute Gasteiger partial charge is 0.258 e. The number of amides is 1. The molecule has 21 heavy (non-hydrogen) atoms. The van der Waals surface area contributed by atoms with Gasteiger partial charge in [-0.05, 0) is 11.6 Å². The number of carbonyl (C=O) groups excluding carboxylic acids is 1. The summed E-state index contributed by atoms with van der Waals surface area (Å²) in [5, 5.41) is 0.991. The van der Waals surface area contributed by atoms with Crippen molar-refractivity contribution >= 4 is 27.3 Å². The standard InChI is InChI=1S/C16H12N2O2S/c17-15(19)13-6-11-12(7-18-8-14(11)21-13)16(9-20-16)10-4-2-1-3-5-10/h1-8H,9H2,(H2,17,19). The molecule has 5 heteroatoms. The van der Waals surface area contributed by atoms with E-state index < -0.39 is 11.5 Å². The molecule has 1 amide bonds. The van der Waals surface area contributed by atoms with E-state index in [0.717, 1.165) is 21.2 Å². The van der Waals surface area contributed by atoms with Crippen LogP contribution in [0.2, 0.25) is 0 Å². The van der Waals surface area contributed by atoms with Crippen molar-refractivity contribution in [3.8, 4) is 0 Å². The van der Waals surface area contributed by atoms with Gasteiger partial charge in [0, 0.05) is 23.3 Å². The molecule has 1 fully saturated rings. The molecule has 0 bridgehead atoms. The van der Waals surface area contributed by atoms with E-state index in [1.54, 1.807) is 6.20 Å². The molecule has 1 aliphatic heterocycles. The quantitative estimate of drug-likeness (QED) is 0.755. The van der Waals surface area contributed by atoms with E-state index in [1.165, 1.54) is 11.3 Å². The molecule has 2 N–H and O–H groups in total. The second-order valence-corrected chi connectivity index (χ2v) is 6.14. The number of ether oxygens (including phenoxy) is 1. The lowest BCUT2D eigenvalue weighted by molar-refractivity contribution is 0.100. The van der Waals surface area contributed by atoms with Crippen LogP contribution < -0.4 is 5.73 Å². The largest absolute Gasteiger partial charge is 0.365 e. The number of nitrogens with two attached hydrogens (primary N) is 1. The molecule has 1 aliphatic rings. The summed E-state index contributed by atoms with van der Waals surface area (Å²) in [5.41, 5.74) is 7.04. The maximum Gasteiger partial charge on any atom is 0.258 e. The summed E-state index contributed by atoms with van der Waals surface area (Å²) < 4.78 is 6.75. The first-order valence-electron chi connectivity index (χ1n) is 6.58. The third-order valence-electron chi connectivity index (χ3n) is 3.80. The van der Waals surface area contributed by atoms with Gasteiger partial charge in [-0.15, -0.1) is 11.3 Å². The van der Waals surface area contributed by atoms with Gasteiger partial charge < -0.3 is 10.5 Å². The SMILES string of the molecule is NC(=O)c1cc2c(C3(c4ccccc4)CO3)cncc2s1. The summed E-state index contributed by atoms with van der Waals surface area (Å²) in [5.74, 6) is -0.410. The Bertz CT molecular complexity index is 838. The fourth-order valence-corrected chi connectivity index (χ4v) is 3.57. The Morgan fingerprint density at radius 1 is 1.29 bits per heavy atom. The van der Waals surface area contributed by atoms with E-state index >= 15 is 0 Å². The molecule has 0 aliphatic carbocycles. The molecule has 1 atom stereocenters. The number of hydrogen-bond donors (Lipinski definition) is 1. The average molecular weight is 296 g/mol. The fourth-order valence-electron chi connectivity index (χ4n) is 2.66. The van der Waals surface area contributed by atoms with E-state index in [0.29, 0.717) is 11.5 Å². The van der Waals surface area contributed by atoms with E-state index in [1.807, 2.05) is 42.6 Å². The molecule has 1 aromatic carbocycles. The first-order valence-corrected chi connectivity index (χ1v) is 7.40. The number of thiophene rings is 1. The van der Waals surface area contributed by atoms with Crippen molar-refractivity contribution in [3.05, 3.63) is 64.8 Å². The van der Waals surface area contributed by atoms with Crippen molar-refractivity contribution in [2.24, 2.45) is 5.73 Å². The van der Waals surface area contributed by atoms with Crippen molar-refractivity contribution in [1.82, 2.24) is 4.98 Å². The van der Waals surface area contributed by atoms with Crippen LogP contribution in [0.15, 0.2) is 48.8 Å². The number of rotatable bonds is 3. The zero-order valence-corrected chi connectivity index (χ0v) is 11.9. The number of fused-ring (bicyclic) bond motifs is 1. The van der Waals surface area contributed by atoms with Crippen molar-refractivity contribution < 1.29 is 9.53 Å². The number of primary amides is 1. The number of benzene rings is 1. The lowest BCUT2D eigenvalue weighted by atomic mass is 9.91. The van der Waals surface area contributed by atoms with Crippen LogP contribution in [0.1, 0.15) is 20.8 Å². The number of carbonyl (C=O) groups is 1. The van der Waals surface area contributed by atoms with Gasteiger partial charge in [0.05, 0.1) is 16.2 Å². The van der Waals surface area contributed by atoms with Crippen LogP contribution in [0.25, 0.3) is 10.1 Å². The first-order chi connectivity index (χ1) is 10.2. The summed E-state index contributed by atoms with van der Waals surface area (Å²) >= 11 is 1.37. The minimum atomic E-state index is -0.441. The van der Waals surface area contributed by atoms with Gasteiger partial charge in [-0.2, -0.15) is 0 Å². The van der Waals surface area contributed by atoms with Crippen LogP contribution >= 0.6 is 11.3 Å². The highest BCUT2D eigenvalue weighted by atomic mass is 32.1.